The molecule has 3 nitrogen and oxygen atoms in total. The van der Waals surface area contributed by atoms with Crippen molar-refractivity contribution < 1.29 is 17.9 Å². The van der Waals surface area contributed by atoms with Gasteiger partial charge in [0.2, 0.25) is 0 Å². The van der Waals surface area contributed by atoms with Gasteiger partial charge in [-0.15, -0.1) is 0 Å². The summed E-state index contributed by atoms with van der Waals surface area (Å²) in [5, 5.41) is 3.49. The molecule has 1 N–H and O–H groups in total. The summed E-state index contributed by atoms with van der Waals surface area (Å²) in [6.45, 7) is 2.93. The molecule has 0 aliphatic carbocycles. The molecule has 1 atom stereocenters. The van der Waals surface area contributed by atoms with Gasteiger partial charge in [-0.05, 0) is 44.7 Å². The van der Waals surface area contributed by atoms with E-state index in [9.17, 15) is 13.2 Å². The molecule has 2 saturated heterocycles. The first-order chi connectivity index (χ1) is 9.03. The van der Waals surface area contributed by atoms with E-state index in [1.165, 1.54) is 11.3 Å². The highest BCUT2D eigenvalue weighted by molar-refractivity contribution is 4.79. The Hall–Kier alpha value is -0.330. The average molecular weight is 280 g/mol. The lowest BCUT2D eigenvalue weighted by molar-refractivity contribution is -0.148. The van der Waals surface area contributed by atoms with Gasteiger partial charge in [-0.2, -0.15) is 13.2 Å². The van der Waals surface area contributed by atoms with E-state index in [0.29, 0.717) is 25.0 Å². The third-order valence-corrected chi connectivity index (χ3v) is 3.94. The summed E-state index contributed by atoms with van der Waals surface area (Å²) in [5.41, 5.74) is 0. The molecule has 2 rings (SSSR count). The highest BCUT2D eigenvalue weighted by Crippen LogP contribution is 2.20. The smallest absolute Gasteiger partial charge is 0.381 e. The van der Waals surface area contributed by atoms with E-state index >= 15 is 0 Å². The molecule has 0 aromatic heterocycles. The summed E-state index contributed by atoms with van der Waals surface area (Å²) in [4.78, 5) is 1.50. The SMILES string of the molecule is FC(F)(F)CN1CCC(NCC2CCCOC2)CC1. The van der Waals surface area contributed by atoms with Crippen LogP contribution >= 0.6 is 0 Å². The molecule has 0 radical (unpaired) electrons. The molecule has 0 spiro atoms. The van der Waals surface area contributed by atoms with Crippen LogP contribution < -0.4 is 5.32 Å². The van der Waals surface area contributed by atoms with Gasteiger partial charge < -0.3 is 10.1 Å². The van der Waals surface area contributed by atoms with Gasteiger partial charge in [-0.1, -0.05) is 0 Å². The molecular weight excluding hydrogens is 257 g/mol. The zero-order chi connectivity index (χ0) is 13.7. The average Bonchev–Trinajstić information content (AvgIpc) is 2.37. The molecule has 6 heteroatoms. The van der Waals surface area contributed by atoms with Crippen molar-refractivity contribution in [1.82, 2.24) is 10.2 Å². The molecule has 0 amide bonds. The van der Waals surface area contributed by atoms with Gasteiger partial charge in [-0.25, -0.2) is 0 Å². The summed E-state index contributed by atoms with van der Waals surface area (Å²) < 4.78 is 42.2. The molecule has 19 heavy (non-hydrogen) atoms. The number of ether oxygens (including phenoxy) is 1. The van der Waals surface area contributed by atoms with Gasteiger partial charge in [0.25, 0.3) is 0 Å². The summed E-state index contributed by atoms with van der Waals surface area (Å²) >= 11 is 0. The zero-order valence-electron chi connectivity index (χ0n) is 11.2. The van der Waals surface area contributed by atoms with Gasteiger partial charge in [0, 0.05) is 19.2 Å². The zero-order valence-corrected chi connectivity index (χ0v) is 11.2. The minimum absolute atomic E-state index is 0.367. The van der Waals surface area contributed by atoms with Gasteiger partial charge in [0.1, 0.15) is 0 Å². The van der Waals surface area contributed by atoms with Crippen molar-refractivity contribution in [2.24, 2.45) is 5.92 Å². The molecule has 2 aliphatic rings. The number of piperidine rings is 1. The first-order valence-electron chi connectivity index (χ1n) is 7.13. The van der Waals surface area contributed by atoms with E-state index < -0.39 is 12.7 Å². The fourth-order valence-corrected chi connectivity index (χ4v) is 2.85. The van der Waals surface area contributed by atoms with Crippen molar-refractivity contribution in [2.75, 3.05) is 39.4 Å². The lowest BCUT2D eigenvalue weighted by Crippen LogP contribution is -2.46. The molecular formula is C13H23F3N2O. The number of halogens is 3. The predicted octanol–water partition coefficient (Wildman–Crippen LogP) is 2.03. The fourth-order valence-electron chi connectivity index (χ4n) is 2.85. The Morgan fingerprint density at radius 1 is 1.16 bits per heavy atom. The van der Waals surface area contributed by atoms with E-state index in [-0.39, 0.29) is 0 Å². The second-order valence-corrected chi connectivity index (χ2v) is 5.66. The van der Waals surface area contributed by atoms with Crippen LogP contribution in [0, 0.1) is 5.92 Å². The van der Waals surface area contributed by atoms with Crippen molar-refractivity contribution in [1.29, 1.82) is 0 Å². The number of hydrogen-bond acceptors (Lipinski definition) is 3. The highest BCUT2D eigenvalue weighted by atomic mass is 19.4. The van der Waals surface area contributed by atoms with Gasteiger partial charge >= 0.3 is 6.18 Å². The monoisotopic (exact) mass is 280 g/mol. The maximum absolute atomic E-state index is 12.3. The van der Waals surface area contributed by atoms with Crippen LogP contribution in [0.5, 0.6) is 0 Å². The van der Waals surface area contributed by atoms with Gasteiger partial charge in [0.05, 0.1) is 13.2 Å². The van der Waals surface area contributed by atoms with E-state index in [1.807, 2.05) is 0 Å². The normalized spacial score (nSPS) is 27.6. The molecule has 0 saturated carbocycles. The maximum Gasteiger partial charge on any atom is 0.401 e. The van der Waals surface area contributed by atoms with Crippen LogP contribution in [0.1, 0.15) is 25.7 Å². The Labute approximate surface area is 112 Å². The van der Waals surface area contributed by atoms with Gasteiger partial charge in [0.15, 0.2) is 0 Å². The van der Waals surface area contributed by atoms with E-state index in [1.54, 1.807) is 0 Å². The van der Waals surface area contributed by atoms with Crippen molar-refractivity contribution in [3.63, 3.8) is 0 Å². The summed E-state index contributed by atoms with van der Waals surface area (Å²) in [6, 6.07) is 0.367. The molecule has 2 aliphatic heterocycles. The quantitative estimate of drug-likeness (QED) is 0.853. The predicted molar refractivity (Wildman–Crippen MR) is 67.1 cm³/mol. The Morgan fingerprint density at radius 3 is 2.47 bits per heavy atom. The van der Waals surface area contributed by atoms with Crippen molar-refractivity contribution in [3.8, 4) is 0 Å². The van der Waals surface area contributed by atoms with E-state index in [2.05, 4.69) is 5.32 Å². The Balaban J connectivity index is 1.60. The first-order valence-corrected chi connectivity index (χ1v) is 7.13. The number of nitrogens with one attached hydrogen (secondary N) is 1. The second-order valence-electron chi connectivity index (χ2n) is 5.66. The third-order valence-electron chi connectivity index (χ3n) is 3.94. The van der Waals surface area contributed by atoms with Crippen molar-refractivity contribution in [3.05, 3.63) is 0 Å². The Bertz CT molecular complexity index is 259. The van der Waals surface area contributed by atoms with Crippen LogP contribution in [-0.2, 0) is 4.74 Å². The lowest BCUT2D eigenvalue weighted by atomic mass is 10.00. The Morgan fingerprint density at radius 2 is 1.89 bits per heavy atom. The minimum atomic E-state index is -4.07. The topological polar surface area (TPSA) is 24.5 Å². The number of likely N-dealkylation sites (tertiary alicyclic amines) is 1. The molecule has 2 fully saturated rings. The van der Waals surface area contributed by atoms with Crippen molar-refractivity contribution in [2.45, 2.75) is 37.9 Å². The molecule has 112 valence electrons. The lowest BCUT2D eigenvalue weighted by Gasteiger charge is -2.34. The highest BCUT2D eigenvalue weighted by Gasteiger charge is 2.32. The first kappa shape index (κ1) is 15.1. The number of alkyl halides is 3. The summed E-state index contributed by atoms with van der Waals surface area (Å²) in [6.07, 6.45) is -0.136. The number of rotatable bonds is 4. The standard InChI is InChI=1S/C13H23F3N2O/c14-13(15,16)10-18-5-3-12(4-6-18)17-8-11-2-1-7-19-9-11/h11-12,17H,1-10H2. The van der Waals surface area contributed by atoms with Crippen LogP contribution in [0.2, 0.25) is 0 Å². The second kappa shape index (κ2) is 6.90. The van der Waals surface area contributed by atoms with Crippen LogP contribution in [0.15, 0.2) is 0 Å². The maximum atomic E-state index is 12.3. The van der Waals surface area contributed by atoms with Crippen molar-refractivity contribution >= 4 is 0 Å². The molecule has 0 aromatic rings. The molecule has 1 unspecified atom stereocenters. The third kappa shape index (κ3) is 5.67. The van der Waals surface area contributed by atoms with Crippen LogP contribution in [-0.4, -0.2) is 56.5 Å². The number of nitrogens with zero attached hydrogens (tertiary/aromatic N) is 1. The summed E-state index contributed by atoms with van der Waals surface area (Å²) in [7, 11) is 0. The Kier molecular flexibility index (Phi) is 5.47. The molecule has 0 aromatic carbocycles. The minimum Gasteiger partial charge on any atom is -0.381 e. The largest absolute Gasteiger partial charge is 0.401 e. The van der Waals surface area contributed by atoms with Crippen LogP contribution in [0.3, 0.4) is 0 Å². The number of hydrogen-bond donors (Lipinski definition) is 1. The van der Waals surface area contributed by atoms with Crippen LogP contribution in [0.25, 0.3) is 0 Å². The molecule has 0 bridgehead atoms. The van der Waals surface area contributed by atoms with Gasteiger partial charge in [-0.3, -0.25) is 4.90 Å². The van der Waals surface area contributed by atoms with E-state index in [0.717, 1.165) is 39.0 Å². The molecule has 2 heterocycles. The van der Waals surface area contributed by atoms with E-state index in [4.69, 9.17) is 4.74 Å². The summed E-state index contributed by atoms with van der Waals surface area (Å²) in [5.74, 6) is 0.571. The fraction of sp³-hybridized carbons (Fsp3) is 1.00. The van der Waals surface area contributed by atoms with Crippen LogP contribution in [0.4, 0.5) is 13.2 Å².